The lowest BCUT2D eigenvalue weighted by atomic mass is 9.87. The molecule has 1 aromatic carbocycles. The van der Waals surface area contributed by atoms with E-state index in [9.17, 15) is 9.18 Å². The summed E-state index contributed by atoms with van der Waals surface area (Å²) in [5, 5.41) is 6.82. The summed E-state index contributed by atoms with van der Waals surface area (Å²) in [6, 6.07) is 6.39. The number of nitrogens with zero attached hydrogens (tertiary/aromatic N) is 1. The van der Waals surface area contributed by atoms with Crippen molar-refractivity contribution in [2.75, 3.05) is 0 Å². The molecular formula is C14H15FN2O2. The van der Waals surface area contributed by atoms with Crippen molar-refractivity contribution in [3.63, 3.8) is 0 Å². The summed E-state index contributed by atoms with van der Waals surface area (Å²) in [6.45, 7) is 3.87. The summed E-state index contributed by atoms with van der Waals surface area (Å²) in [5.74, 6) is -0.521. The van der Waals surface area contributed by atoms with Crippen molar-refractivity contribution in [2.45, 2.75) is 37.8 Å². The highest BCUT2D eigenvalue weighted by Gasteiger charge is 2.56. The van der Waals surface area contributed by atoms with Crippen molar-refractivity contribution in [2.24, 2.45) is 5.16 Å². The largest absolute Gasteiger partial charge is 0.378 e. The fourth-order valence-corrected chi connectivity index (χ4v) is 2.79. The van der Waals surface area contributed by atoms with Gasteiger partial charge in [-0.2, -0.15) is 0 Å². The Morgan fingerprint density at radius 3 is 2.74 bits per heavy atom. The average molecular weight is 262 g/mol. The van der Waals surface area contributed by atoms with E-state index in [1.165, 1.54) is 6.07 Å². The summed E-state index contributed by atoms with van der Waals surface area (Å²) >= 11 is 0. The quantitative estimate of drug-likeness (QED) is 0.841. The molecule has 1 spiro atoms. The van der Waals surface area contributed by atoms with Crippen LogP contribution >= 0.6 is 0 Å². The van der Waals surface area contributed by atoms with Crippen LogP contribution in [0.2, 0.25) is 0 Å². The first-order valence-electron chi connectivity index (χ1n) is 6.24. The Bertz CT molecular complexity index is 583. The fourth-order valence-electron chi connectivity index (χ4n) is 2.79. The van der Waals surface area contributed by atoms with Gasteiger partial charge in [-0.15, -0.1) is 0 Å². The second kappa shape index (κ2) is 3.79. The minimum absolute atomic E-state index is 0.174. The van der Waals surface area contributed by atoms with Gasteiger partial charge in [-0.3, -0.25) is 4.79 Å². The molecule has 3 rings (SSSR count). The molecular weight excluding hydrogens is 247 g/mol. The summed E-state index contributed by atoms with van der Waals surface area (Å²) in [6.07, 6.45) is 0.837. The zero-order valence-corrected chi connectivity index (χ0v) is 10.9. The van der Waals surface area contributed by atoms with E-state index >= 15 is 0 Å². The number of benzene rings is 1. The Morgan fingerprint density at radius 2 is 2.11 bits per heavy atom. The van der Waals surface area contributed by atoms with E-state index in [4.69, 9.17) is 4.84 Å². The van der Waals surface area contributed by atoms with Gasteiger partial charge >= 0.3 is 0 Å². The van der Waals surface area contributed by atoms with Gasteiger partial charge in [-0.25, -0.2) is 4.39 Å². The number of amides is 1. The third-order valence-corrected chi connectivity index (χ3v) is 3.56. The maximum Gasteiger partial charge on any atom is 0.267 e. The molecule has 0 radical (unpaired) electrons. The third kappa shape index (κ3) is 1.89. The van der Waals surface area contributed by atoms with Gasteiger partial charge in [-0.05, 0) is 19.9 Å². The van der Waals surface area contributed by atoms with Crippen LogP contribution in [0.25, 0.3) is 0 Å². The standard InChI is InChI=1S/C14H15FN2O2/c1-13(2)8-14(12(18)16-13)7-11(17-19-14)9-5-3-4-6-10(9)15/h3-6H,7-8H2,1-2H3,(H,16,18). The molecule has 1 unspecified atom stereocenters. The lowest BCUT2D eigenvalue weighted by Crippen LogP contribution is -2.39. The summed E-state index contributed by atoms with van der Waals surface area (Å²) in [4.78, 5) is 17.5. The van der Waals surface area contributed by atoms with Crippen LogP contribution in [0, 0.1) is 5.82 Å². The maximum absolute atomic E-state index is 13.7. The van der Waals surface area contributed by atoms with Crippen molar-refractivity contribution >= 4 is 11.6 Å². The first-order chi connectivity index (χ1) is 8.92. The Morgan fingerprint density at radius 1 is 1.37 bits per heavy atom. The minimum Gasteiger partial charge on any atom is -0.378 e. The number of hydrogen-bond donors (Lipinski definition) is 1. The van der Waals surface area contributed by atoms with Gasteiger partial charge < -0.3 is 10.2 Å². The second-order valence-corrected chi connectivity index (χ2v) is 5.79. The first-order valence-corrected chi connectivity index (χ1v) is 6.24. The molecule has 1 atom stereocenters. The number of nitrogens with one attached hydrogen (secondary N) is 1. The van der Waals surface area contributed by atoms with Crippen LogP contribution in [0.4, 0.5) is 4.39 Å². The fraction of sp³-hybridized carbons (Fsp3) is 0.429. The van der Waals surface area contributed by atoms with E-state index < -0.39 is 5.60 Å². The van der Waals surface area contributed by atoms with Gasteiger partial charge in [0.1, 0.15) is 5.82 Å². The molecule has 0 bridgehead atoms. The number of carbonyl (C=O) groups is 1. The zero-order chi connectivity index (χ0) is 13.7. The van der Waals surface area contributed by atoms with Crippen LogP contribution in [-0.2, 0) is 9.63 Å². The lowest BCUT2D eigenvalue weighted by Gasteiger charge is -2.19. The van der Waals surface area contributed by atoms with Crippen molar-refractivity contribution < 1.29 is 14.0 Å². The molecule has 19 heavy (non-hydrogen) atoms. The molecule has 1 saturated heterocycles. The van der Waals surface area contributed by atoms with Crippen molar-refractivity contribution in [1.82, 2.24) is 5.32 Å². The predicted octanol–water partition coefficient (Wildman–Crippen LogP) is 1.99. The minimum atomic E-state index is -0.971. The Labute approximate surface area is 110 Å². The molecule has 0 saturated carbocycles. The normalized spacial score (nSPS) is 28.2. The molecule has 0 aromatic heterocycles. The second-order valence-electron chi connectivity index (χ2n) is 5.79. The van der Waals surface area contributed by atoms with Crippen LogP contribution in [0.15, 0.2) is 29.4 Å². The van der Waals surface area contributed by atoms with Crippen LogP contribution in [-0.4, -0.2) is 22.8 Å². The molecule has 1 N–H and O–H groups in total. The molecule has 2 aliphatic heterocycles. The monoisotopic (exact) mass is 262 g/mol. The third-order valence-electron chi connectivity index (χ3n) is 3.56. The van der Waals surface area contributed by atoms with Crippen molar-refractivity contribution in [3.8, 4) is 0 Å². The van der Waals surface area contributed by atoms with Gasteiger partial charge in [-0.1, -0.05) is 23.4 Å². The molecule has 1 aromatic rings. The molecule has 2 heterocycles. The smallest absolute Gasteiger partial charge is 0.267 e. The van der Waals surface area contributed by atoms with E-state index in [1.807, 2.05) is 13.8 Å². The van der Waals surface area contributed by atoms with Gasteiger partial charge in [0.2, 0.25) is 5.60 Å². The highest BCUT2D eigenvalue weighted by atomic mass is 19.1. The zero-order valence-electron chi connectivity index (χ0n) is 10.9. The molecule has 2 aliphatic rings. The number of oxime groups is 1. The van der Waals surface area contributed by atoms with Gasteiger partial charge in [0, 0.05) is 23.9 Å². The highest BCUT2D eigenvalue weighted by molar-refractivity contribution is 6.06. The van der Waals surface area contributed by atoms with Crippen LogP contribution < -0.4 is 5.32 Å². The first kappa shape index (κ1) is 12.1. The van der Waals surface area contributed by atoms with Crippen molar-refractivity contribution in [1.29, 1.82) is 0 Å². The number of halogens is 1. The summed E-state index contributed by atoms with van der Waals surface area (Å²) < 4.78 is 13.7. The molecule has 1 fully saturated rings. The van der Waals surface area contributed by atoms with E-state index in [2.05, 4.69) is 10.5 Å². The predicted molar refractivity (Wildman–Crippen MR) is 68.2 cm³/mol. The molecule has 4 nitrogen and oxygen atoms in total. The van der Waals surface area contributed by atoms with Crippen LogP contribution in [0.3, 0.4) is 0 Å². The van der Waals surface area contributed by atoms with Gasteiger partial charge in [0.05, 0.1) is 5.71 Å². The number of carbonyl (C=O) groups excluding carboxylic acids is 1. The molecule has 5 heteroatoms. The van der Waals surface area contributed by atoms with E-state index in [0.717, 1.165) is 0 Å². The molecule has 100 valence electrons. The van der Waals surface area contributed by atoms with Crippen LogP contribution in [0.1, 0.15) is 32.3 Å². The SMILES string of the molecule is CC1(C)CC2(CC(c3ccccc3F)=NO2)C(=O)N1. The average Bonchev–Trinajstić information content (AvgIpc) is 2.82. The van der Waals surface area contributed by atoms with Gasteiger partial charge in [0.15, 0.2) is 0 Å². The van der Waals surface area contributed by atoms with E-state index in [1.54, 1.807) is 18.2 Å². The van der Waals surface area contributed by atoms with Gasteiger partial charge in [0.25, 0.3) is 5.91 Å². The maximum atomic E-state index is 13.7. The number of hydrogen-bond acceptors (Lipinski definition) is 3. The van der Waals surface area contributed by atoms with Crippen molar-refractivity contribution in [3.05, 3.63) is 35.6 Å². The van der Waals surface area contributed by atoms with E-state index in [-0.39, 0.29) is 17.3 Å². The Balaban J connectivity index is 1.88. The lowest BCUT2D eigenvalue weighted by molar-refractivity contribution is -0.138. The molecule has 1 amide bonds. The highest BCUT2D eigenvalue weighted by Crippen LogP contribution is 2.39. The van der Waals surface area contributed by atoms with E-state index in [0.29, 0.717) is 24.1 Å². The number of rotatable bonds is 1. The summed E-state index contributed by atoms with van der Waals surface area (Å²) in [7, 11) is 0. The molecule has 0 aliphatic carbocycles. The van der Waals surface area contributed by atoms with Crippen LogP contribution in [0.5, 0.6) is 0 Å². The topological polar surface area (TPSA) is 50.7 Å². The Hall–Kier alpha value is -1.91. The summed E-state index contributed by atoms with van der Waals surface area (Å²) in [5.41, 5.74) is -0.402. The Kier molecular flexibility index (Phi) is 2.42.